The number of aliphatic carboxylic acids is 2. The summed E-state index contributed by atoms with van der Waals surface area (Å²) < 4.78 is 5.23. The lowest BCUT2D eigenvalue weighted by Gasteiger charge is -2.09. The predicted octanol–water partition coefficient (Wildman–Crippen LogP) is 3.47. The number of benzene rings is 2. The van der Waals surface area contributed by atoms with Crippen molar-refractivity contribution in [3.63, 3.8) is 0 Å². The number of carboxylic acids is 2. The van der Waals surface area contributed by atoms with Gasteiger partial charge in [0, 0.05) is 17.6 Å². The highest BCUT2D eigenvalue weighted by atomic mass is 16.5. The minimum atomic E-state index is -1.31. The summed E-state index contributed by atoms with van der Waals surface area (Å²) in [4.78, 5) is 23.2. The molecule has 1 aromatic heterocycles. The lowest BCUT2D eigenvalue weighted by Crippen LogP contribution is -2.03. The second-order valence-electron chi connectivity index (χ2n) is 5.71. The molecule has 0 spiro atoms. The molecule has 0 aliphatic carbocycles. The van der Waals surface area contributed by atoms with Crippen LogP contribution in [0.4, 0.5) is 0 Å². The Morgan fingerprint density at radius 1 is 1.04 bits per heavy atom. The largest absolute Gasteiger partial charge is 0.508 e. The lowest BCUT2D eigenvalue weighted by molar-refractivity contribution is -0.147. The van der Waals surface area contributed by atoms with Crippen molar-refractivity contribution in [3.8, 4) is 22.6 Å². The van der Waals surface area contributed by atoms with E-state index in [1.807, 2.05) is 43.3 Å². The molecule has 0 amide bonds. The van der Waals surface area contributed by atoms with Crippen LogP contribution in [0.25, 0.3) is 22.0 Å². The second-order valence-corrected chi connectivity index (χ2v) is 5.71. The summed E-state index contributed by atoms with van der Waals surface area (Å²) in [5, 5.41) is 26.1. The van der Waals surface area contributed by atoms with E-state index in [1.165, 1.54) is 0 Å². The molecule has 0 saturated heterocycles. The molecule has 0 saturated carbocycles. The molecule has 0 bridgehead atoms. The first-order valence-electron chi connectivity index (χ1n) is 7.98. The van der Waals surface area contributed by atoms with E-state index >= 15 is 0 Å². The van der Waals surface area contributed by atoms with Crippen LogP contribution in [0.2, 0.25) is 0 Å². The van der Waals surface area contributed by atoms with Gasteiger partial charge in [-0.2, -0.15) is 0 Å². The maximum absolute atomic E-state index is 9.64. The van der Waals surface area contributed by atoms with Crippen LogP contribution in [0.1, 0.15) is 12.0 Å². The fraction of sp³-hybridized carbons (Fsp3) is 0.150. The molecule has 3 aromatic rings. The average molecular weight is 369 g/mol. The Hall–Kier alpha value is -3.61. The number of carbonyl (C=O) groups is 2. The number of nitrogens with zero attached hydrogens (tertiary/aromatic N) is 1. The molecule has 0 aliphatic heterocycles. The number of phenolic OH excluding ortho intramolecular Hbond substituents is 1. The molecule has 0 fully saturated rings. The number of hydrogen-bond acceptors (Lipinski definition) is 5. The Labute approximate surface area is 155 Å². The maximum Gasteiger partial charge on any atom is 0.314 e. The molecule has 0 unspecified atom stereocenters. The molecule has 1 heterocycles. The first-order valence-corrected chi connectivity index (χ1v) is 7.98. The highest BCUT2D eigenvalue weighted by molar-refractivity contribution is 5.95. The van der Waals surface area contributed by atoms with E-state index in [4.69, 9.17) is 14.9 Å². The average Bonchev–Trinajstić information content (AvgIpc) is 2.62. The van der Waals surface area contributed by atoms with E-state index in [1.54, 1.807) is 19.4 Å². The first-order chi connectivity index (χ1) is 12.8. The summed E-state index contributed by atoms with van der Waals surface area (Å²) in [5.74, 6) is -1.52. The number of rotatable bonds is 4. The van der Waals surface area contributed by atoms with Crippen LogP contribution in [0.15, 0.2) is 48.7 Å². The fourth-order valence-corrected chi connectivity index (χ4v) is 2.46. The van der Waals surface area contributed by atoms with Gasteiger partial charge in [-0.3, -0.25) is 14.6 Å². The standard InChI is InChI=1S/C17H15NO2.C3H4O4/c1-11-9-12(3-6-17(11)19)14-7-8-18-16-10-13(20-2)4-5-15(14)16;4-2(5)1-3(6)7/h3-10,19H,1-2H3;1H2,(H,4,5)(H,6,7). The van der Waals surface area contributed by atoms with Crippen LogP contribution in [-0.4, -0.2) is 39.4 Å². The van der Waals surface area contributed by atoms with Crippen LogP contribution >= 0.6 is 0 Å². The third-order valence-electron chi connectivity index (χ3n) is 3.76. The molecule has 3 N–H and O–H groups in total. The van der Waals surface area contributed by atoms with E-state index in [0.717, 1.165) is 33.3 Å². The van der Waals surface area contributed by atoms with Crippen molar-refractivity contribution >= 4 is 22.8 Å². The number of fused-ring (bicyclic) bond motifs is 1. The highest BCUT2D eigenvalue weighted by Gasteiger charge is 2.07. The SMILES string of the molecule is COc1ccc2c(-c3ccc(O)c(C)c3)ccnc2c1.O=C(O)CC(=O)O. The van der Waals surface area contributed by atoms with E-state index < -0.39 is 18.4 Å². The Balaban J connectivity index is 0.000000321. The van der Waals surface area contributed by atoms with Gasteiger partial charge in [0.2, 0.25) is 0 Å². The zero-order chi connectivity index (χ0) is 20.0. The lowest BCUT2D eigenvalue weighted by atomic mass is 9.99. The third-order valence-corrected chi connectivity index (χ3v) is 3.76. The van der Waals surface area contributed by atoms with Gasteiger partial charge >= 0.3 is 11.9 Å². The number of methoxy groups -OCH3 is 1. The Bertz CT molecular complexity index is 971. The number of hydrogen-bond donors (Lipinski definition) is 3. The number of aromatic nitrogens is 1. The van der Waals surface area contributed by atoms with Crippen molar-refractivity contribution in [1.29, 1.82) is 0 Å². The summed E-state index contributed by atoms with van der Waals surface area (Å²) in [5.41, 5.74) is 3.92. The minimum Gasteiger partial charge on any atom is -0.508 e. The van der Waals surface area contributed by atoms with Gasteiger partial charge in [0.15, 0.2) is 0 Å². The first kappa shape index (κ1) is 19.7. The van der Waals surface area contributed by atoms with Crippen molar-refractivity contribution < 1.29 is 29.6 Å². The number of aromatic hydroxyl groups is 1. The molecule has 0 aliphatic rings. The normalized spacial score (nSPS) is 10.0. The highest BCUT2D eigenvalue weighted by Crippen LogP contribution is 2.31. The summed E-state index contributed by atoms with van der Waals surface area (Å²) in [6.07, 6.45) is 0.985. The van der Waals surface area contributed by atoms with Gasteiger partial charge in [-0.1, -0.05) is 6.07 Å². The van der Waals surface area contributed by atoms with Gasteiger partial charge in [-0.05, 0) is 53.9 Å². The van der Waals surface area contributed by atoms with E-state index in [9.17, 15) is 14.7 Å². The summed E-state index contributed by atoms with van der Waals surface area (Å²) in [7, 11) is 1.65. The third kappa shape index (κ3) is 5.18. The van der Waals surface area contributed by atoms with Crippen LogP contribution < -0.4 is 4.74 Å². The summed E-state index contributed by atoms with van der Waals surface area (Å²) in [6.45, 7) is 1.89. The van der Waals surface area contributed by atoms with Gasteiger partial charge in [0.1, 0.15) is 17.9 Å². The molecule has 7 heteroatoms. The van der Waals surface area contributed by atoms with Crippen molar-refractivity contribution in [2.75, 3.05) is 7.11 Å². The monoisotopic (exact) mass is 369 g/mol. The van der Waals surface area contributed by atoms with Gasteiger partial charge in [-0.25, -0.2) is 0 Å². The van der Waals surface area contributed by atoms with Crippen molar-refractivity contribution in [3.05, 3.63) is 54.2 Å². The smallest absolute Gasteiger partial charge is 0.314 e. The van der Waals surface area contributed by atoms with E-state index in [2.05, 4.69) is 4.98 Å². The zero-order valence-electron chi connectivity index (χ0n) is 14.8. The van der Waals surface area contributed by atoms with Gasteiger partial charge in [0.25, 0.3) is 0 Å². The van der Waals surface area contributed by atoms with Gasteiger partial charge in [0.05, 0.1) is 12.6 Å². The fourth-order valence-electron chi connectivity index (χ4n) is 2.46. The molecular formula is C20H19NO6. The van der Waals surface area contributed by atoms with E-state index in [-0.39, 0.29) is 0 Å². The van der Waals surface area contributed by atoms with Gasteiger partial charge < -0.3 is 20.1 Å². The number of pyridine rings is 1. The summed E-state index contributed by atoms with van der Waals surface area (Å²) >= 11 is 0. The van der Waals surface area contributed by atoms with Crippen molar-refractivity contribution in [2.24, 2.45) is 0 Å². The van der Waals surface area contributed by atoms with Crippen LogP contribution in [0.5, 0.6) is 11.5 Å². The van der Waals surface area contributed by atoms with Crippen LogP contribution in [0, 0.1) is 6.92 Å². The number of ether oxygens (including phenoxy) is 1. The Kier molecular flexibility index (Phi) is 6.32. The Morgan fingerprint density at radius 3 is 2.30 bits per heavy atom. The predicted molar refractivity (Wildman–Crippen MR) is 100 cm³/mol. The minimum absolute atomic E-state index is 0.314. The molecule has 140 valence electrons. The topological polar surface area (TPSA) is 117 Å². The molecule has 0 atom stereocenters. The van der Waals surface area contributed by atoms with Crippen molar-refractivity contribution in [2.45, 2.75) is 13.3 Å². The molecular weight excluding hydrogens is 350 g/mol. The molecule has 27 heavy (non-hydrogen) atoms. The molecule has 2 aromatic carbocycles. The van der Waals surface area contributed by atoms with Crippen LogP contribution in [-0.2, 0) is 9.59 Å². The number of aryl methyl sites for hydroxylation is 1. The van der Waals surface area contributed by atoms with Crippen LogP contribution in [0.3, 0.4) is 0 Å². The quantitative estimate of drug-likeness (QED) is 0.603. The molecule has 3 rings (SSSR count). The van der Waals surface area contributed by atoms with Crippen molar-refractivity contribution in [1.82, 2.24) is 4.98 Å². The molecule has 7 nitrogen and oxygen atoms in total. The van der Waals surface area contributed by atoms with Gasteiger partial charge in [-0.15, -0.1) is 0 Å². The van der Waals surface area contributed by atoms with E-state index in [0.29, 0.717) is 5.75 Å². The summed E-state index contributed by atoms with van der Waals surface area (Å²) in [6, 6.07) is 13.5. The second kappa shape index (κ2) is 8.66. The number of phenols is 1. The number of carboxylic acid groups (broad SMARTS) is 2. The zero-order valence-corrected chi connectivity index (χ0v) is 14.8. The Morgan fingerprint density at radius 2 is 1.74 bits per heavy atom. The maximum atomic E-state index is 9.64. The molecule has 0 radical (unpaired) electrons.